The van der Waals surface area contributed by atoms with Gasteiger partial charge in [-0.15, -0.1) is 0 Å². The lowest BCUT2D eigenvalue weighted by atomic mass is 9.96. The van der Waals surface area contributed by atoms with Crippen molar-refractivity contribution in [2.75, 3.05) is 0 Å². The number of hydrogen-bond acceptors (Lipinski definition) is 2. The number of ether oxygens (including phenoxy) is 1. The van der Waals surface area contributed by atoms with Crippen molar-refractivity contribution in [3.8, 4) is 5.75 Å². The normalized spacial score (nSPS) is 17.9. The predicted octanol–water partition coefficient (Wildman–Crippen LogP) is 5.11. The fourth-order valence-corrected chi connectivity index (χ4v) is 3.38. The zero-order valence-corrected chi connectivity index (χ0v) is 15.7. The number of amides is 1. The van der Waals surface area contributed by atoms with Crippen LogP contribution < -0.4 is 10.1 Å². The van der Waals surface area contributed by atoms with Crippen LogP contribution in [-0.2, 0) is 4.79 Å². The third-order valence-electron chi connectivity index (χ3n) is 4.92. The van der Waals surface area contributed by atoms with Crippen molar-refractivity contribution >= 4 is 5.91 Å². The number of rotatable bonds is 5. The maximum atomic E-state index is 12.5. The number of carbonyl (C=O) groups is 1. The summed E-state index contributed by atoms with van der Waals surface area (Å²) in [5.41, 5.74) is 2.31. The van der Waals surface area contributed by atoms with E-state index in [1.54, 1.807) is 0 Å². The zero-order valence-electron chi connectivity index (χ0n) is 15.7. The van der Waals surface area contributed by atoms with E-state index >= 15 is 0 Å². The lowest BCUT2D eigenvalue weighted by Gasteiger charge is -2.24. The fourth-order valence-electron chi connectivity index (χ4n) is 3.38. The maximum Gasteiger partial charge on any atom is 0.260 e. The number of aryl methyl sites for hydroxylation is 1. The second-order valence-corrected chi connectivity index (χ2v) is 7.51. The second kappa shape index (κ2) is 9.10. The van der Waals surface area contributed by atoms with Gasteiger partial charge in [-0.1, -0.05) is 58.1 Å². The number of benzene rings is 1. The van der Waals surface area contributed by atoms with Crippen molar-refractivity contribution in [3.05, 3.63) is 29.3 Å². The first-order valence-corrected chi connectivity index (χ1v) is 9.55. The van der Waals surface area contributed by atoms with Gasteiger partial charge in [-0.2, -0.15) is 0 Å². The summed E-state index contributed by atoms with van der Waals surface area (Å²) in [7, 11) is 0. The Kier molecular flexibility index (Phi) is 7.14. The molecular formula is C21H33NO2. The van der Waals surface area contributed by atoms with Crippen LogP contribution >= 0.6 is 0 Å². The Balaban J connectivity index is 1.97. The predicted molar refractivity (Wildman–Crippen MR) is 99.6 cm³/mol. The minimum absolute atomic E-state index is 0.0109. The van der Waals surface area contributed by atoms with Crippen LogP contribution in [0.4, 0.5) is 0 Å². The van der Waals surface area contributed by atoms with E-state index in [-0.39, 0.29) is 5.91 Å². The van der Waals surface area contributed by atoms with E-state index in [4.69, 9.17) is 4.74 Å². The Hall–Kier alpha value is -1.51. The molecule has 2 rings (SSSR count). The van der Waals surface area contributed by atoms with Crippen molar-refractivity contribution in [2.45, 2.75) is 90.7 Å². The van der Waals surface area contributed by atoms with E-state index in [1.807, 2.05) is 13.0 Å². The standard InChI is InChI=1S/C21H33NO2/c1-15(2)19-13-12-16(3)14-20(19)24-17(4)21(23)22-18-10-8-6-5-7-9-11-18/h12-15,17-18H,5-11H2,1-4H3,(H,22,23)/t17-/m1/s1. The molecule has 0 spiro atoms. The summed E-state index contributed by atoms with van der Waals surface area (Å²) in [6, 6.07) is 6.55. The van der Waals surface area contributed by atoms with Gasteiger partial charge in [-0.05, 0) is 49.8 Å². The second-order valence-electron chi connectivity index (χ2n) is 7.51. The van der Waals surface area contributed by atoms with E-state index in [0.29, 0.717) is 12.0 Å². The molecule has 134 valence electrons. The highest BCUT2D eigenvalue weighted by Crippen LogP contribution is 2.28. The average Bonchev–Trinajstić information content (AvgIpc) is 2.49. The third-order valence-corrected chi connectivity index (χ3v) is 4.92. The van der Waals surface area contributed by atoms with Crippen LogP contribution in [0, 0.1) is 6.92 Å². The topological polar surface area (TPSA) is 38.3 Å². The number of nitrogens with one attached hydrogen (secondary N) is 1. The zero-order chi connectivity index (χ0) is 17.5. The molecule has 1 amide bonds. The minimum Gasteiger partial charge on any atom is -0.481 e. The largest absolute Gasteiger partial charge is 0.481 e. The van der Waals surface area contributed by atoms with E-state index < -0.39 is 6.10 Å². The fraction of sp³-hybridized carbons (Fsp3) is 0.667. The van der Waals surface area contributed by atoms with Gasteiger partial charge in [0.25, 0.3) is 5.91 Å². The van der Waals surface area contributed by atoms with Gasteiger partial charge in [0.05, 0.1) is 0 Å². The van der Waals surface area contributed by atoms with Crippen LogP contribution in [0.2, 0.25) is 0 Å². The molecule has 0 unspecified atom stereocenters. The smallest absolute Gasteiger partial charge is 0.260 e. The number of carbonyl (C=O) groups excluding carboxylic acids is 1. The van der Waals surface area contributed by atoms with Crippen LogP contribution in [0.5, 0.6) is 5.75 Å². The summed E-state index contributed by atoms with van der Waals surface area (Å²) in [4.78, 5) is 12.5. The monoisotopic (exact) mass is 331 g/mol. The number of hydrogen-bond donors (Lipinski definition) is 1. The highest BCUT2D eigenvalue weighted by Gasteiger charge is 2.21. The Morgan fingerprint density at radius 2 is 1.71 bits per heavy atom. The first-order valence-electron chi connectivity index (χ1n) is 9.55. The SMILES string of the molecule is Cc1ccc(C(C)C)c(O[C@H](C)C(=O)NC2CCCCCCC2)c1. The molecule has 1 aromatic rings. The van der Waals surface area contributed by atoms with Crippen molar-refractivity contribution in [3.63, 3.8) is 0 Å². The van der Waals surface area contributed by atoms with Gasteiger partial charge < -0.3 is 10.1 Å². The van der Waals surface area contributed by atoms with Gasteiger partial charge in [-0.25, -0.2) is 0 Å². The molecule has 1 aliphatic rings. The molecule has 0 bridgehead atoms. The van der Waals surface area contributed by atoms with Crippen molar-refractivity contribution in [1.29, 1.82) is 0 Å². The Morgan fingerprint density at radius 1 is 1.08 bits per heavy atom. The first kappa shape index (κ1) is 18.8. The summed E-state index contributed by atoms with van der Waals surface area (Å²) < 4.78 is 6.03. The molecule has 0 aromatic heterocycles. The van der Waals surface area contributed by atoms with Gasteiger partial charge >= 0.3 is 0 Å². The van der Waals surface area contributed by atoms with Crippen molar-refractivity contribution < 1.29 is 9.53 Å². The molecule has 1 aromatic carbocycles. The lowest BCUT2D eigenvalue weighted by molar-refractivity contribution is -0.128. The van der Waals surface area contributed by atoms with Crippen LogP contribution in [0.1, 0.15) is 82.8 Å². The molecule has 1 aliphatic carbocycles. The van der Waals surface area contributed by atoms with E-state index in [1.165, 1.54) is 32.1 Å². The molecule has 0 radical (unpaired) electrons. The molecule has 1 saturated carbocycles. The maximum absolute atomic E-state index is 12.5. The Morgan fingerprint density at radius 3 is 2.33 bits per heavy atom. The van der Waals surface area contributed by atoms with Crippen LogP contribution in [0.25, 0.3) is 0 Å². The molecule has 1 fully saturated rings. The summed E-state index contributed by atoms with van der Waals surface area (Å²) in [6.07, 6.45) is 8.09. The Labute approximate surface area is 147 Å². The highest BCUT2D eigenvalue weighted by molar-refractivity contribution is 5.81. The summed E-state index contributed by atoms with van der Waals surface area (Å²) in [5, 5.41) is 3.21. The van der Waals surface area contributed by atoms with Gasteiger partial charge in [-0.3, -0.25) is 4.79 Å². The molecule has 3 heteroatoms. The van der Waals surface area contributed by atoms with Crippen molar-refractivity contribution in [1.82, 2.24) is 5.32 Å². The molecule has 0 aliphatic heterocycles. The first-order chi connectivity index (χ1) is 11.5. The minimum atomic E-state index is -0.463. The van der Waals surface area contributed by atoms with E-state index in [2.05, 4.69) is 38.2 Å². The molecule has 1 atom stereocenters. The summed E-state index contributed by atoms with van der Waals surface area (Å²) >= 11 is 0. The van der Waals surface area contributed by atoms with Crippen LogP contribution in [0.3, 0.4) is 0 Å². The van der Waals surface area contributed by atoms with Crippen molar-refractivity contribution in [2.24, 2.45) is 0 Å². The van der Waals surface area contributed by atoms with Gasteiger partial charge in [0.15, 0.2) is 6.10 Å². The lowest BCUT2D eigenvalue weighted by Crippen LogP contribution is -2.42. The van der Waals surface area contributed by atoms with Gasteiger partial charge in [0.1, 0.15) is 5.75 Å². The van der Waals surface area contributed by atoms with Gasteiger partial charge in [0, 0.05) is 6.04 Å². The highest BCUT2D eigenvalue weighted by atomic mass is 16.5. The van der Waals surface area contributed by atoms with Crippen LogP contribution in [0.15, 0.2) is 18.2 Å². The third kappa shape index (κ3) is 5.54. The molecule has 3 nitrogen and oxygen atoms in total. The molecule has 1 N–H and O–H groups in total. The quantitative estimate of drug-likeness (QED) is 0.813. The molecular weight excluding hydrogens is 298 g/mol. The molecule has 0 saturated heterocycles. The summed E-state index contributed by atoms with van der Waals surface area (Å²) in [6.45, 7) is 8.20. The molecule has 24 heavy (non-hydrogen) atoms. The van der Waals surface area contributed by atoms with E-state index in [9.17, 15) is 4.79 Å². The summed E-state index contributed by atoms with van der Waals surface area (Å²) in [5.74, 6) is 1.23. The van der Waals surface area contributed by atoms with E-state index in [0.717, 1.165) is 29.7 Å². The van der Waals surface area contributed by atoms with Crippen LogP contribution in [-0.4, -0.2) is 18.1 Å². The average molecular weight is 332 g/mol. The Bertz CT molecular complexity index is 531. The molecule has 0 heterocycles. The van der Waals surface area contributed by atoms with Gasteiger partial charge in [0.2, 0.25) is 0 Å².